The number of benzene rings is 3. The zero-order valence-electron chi connectivity index (χ0n) is 13.9. The van der Waals surface area contributed by atoms with Crippen LogP contribution < -0.4 is 0 Å². The Labute approximate surface area is 159 Å². The van der Waals surface area contributed by atoms with E-state index in [0.717, 1.165) is 10.0 Å². The normalized spacial score (nSPS) is 11.3. The van der Waals surface area contributed by atoms with Gasteiger partial charge in [-0.3, -0.25) is 4.98 Å². The van der Waals surface area contributed by atoms with E-state index < -0.39 is 0 Å². The lowest BCUT2D eigenvalue weighted by molar-refractivity contribution is 1.18. The van der Waals surface area contributed by atoms with E-state index in [1.54, 1.807) is 6.20 Å². The number of para-hydroxylation sites is 1. The summed E-state index contributed by atoms with van der Waals surface area (Å²) < 4.78 is 3.43. The van der Waals surface area contributed by atoms with Gasteiger partial charge in [-0.25, -0.2) is 0 Å². The molecule has 0 bridgehead atoms. The summed E-state index contributed by atoms with van der Waals surface area (Å²) in [6.07, 6.45) is 3.71. The molecule has 2 aromatic heterocycles. The van der Waals surface area contributed by atoms with Gasteiger partial charge in [0.15, 0.2) is 0 Å². The molecule has 2 nitrogen and oxygen atoms in total. The van der Waals surface area contributed by atoms with E-state index in [9.17, 15) is 0 Å². The molecule has 0 aliphatic heterocycles. The van der Waals surface area contributed by atoms with Crippen molar-refractivity contribution in [2.45, 2.75) is 0 Å². The molecule has 124 valence electrons. The Morgan fingerprint density at radius 3 is 2.42 bits per heavy atom. The van der Waals surface area contributed by atoms with Crippen LogP contribution in [0.3, 0.4) is 0 Å². The summed E-state index contributed by atoms with van der Waals surface area (Å²) in [5.74, 6) is 0. The third-order valence-corrected chi connectivity index (χ3v) is 5.41. The molecule has 0 fully saturated rings. The zero-order valence-corrected chi connectivity index (χ0v) is 15.5. The lowest BCUT2D eigenvalue weighted by atomic mass is 10.0. The average Bonchev–Trinajstić information content (AvgIpc) is 3.04. The van der Waals surface area contributed by atoms with Crippen LogP contribution in [0, 0.1) is 0 Å². The van der Waals surface area contributed by atoms with Crippen molar-refractivity contribution < 1.29 is 0 Å². The van der Waals surface area contributed by atoms with Crippen molar-refractivity contribution in [3.05, 3.63) is 95.7 Å². The van der Waals surface area contributed by atoms with Crippen LogP contribution in [0.5, 0.6) is 0 Å². The van der Waals surface area contributed by atoms with Gasteiger partial charge in [-0.2, -0.15) is 0 Å². The van der Waals surface area contributed by atoms with Crippen molar-refractivity contribution in [3.63, 3.8) is 0 Å². The second-order valence-corrected chi connectivity index (χ2v) is 7.13. The number of hydrogen-bond donors (Lipinski definition) is 0. The number of rotatable bonds is 2. The Balaban J connectivity index is 1.89. The SMILES string of the molecule is Brc1cccc2c1c1cc(-c3cccnc3)ccc1n2-c1ccccc1. The van der Waals surface area contributed by atoms with Crippen molar-refractivity contribution >= 4 is 37.7 Å². The molecule has 0 unspecified atom stereocenters. The maximum Gasteiger partial charge on any atom is 0.0552 e. The van der Waals surface area contributed by atoms with Gasteiger partial charge in [0.05, 0.1) is 11.0 Å². The molecule has 2 heterocycles. The molecule has 0 N–H and O–H groups in total. The molecule has 0 saturated heterocycles. The number of nitrogens with zero attached hydrogens (tertiary/aromatic N) is 2. The molecule has 0 amide bonds. The average molecular weight is 399 g/mol. The van der Waals surface area contributed by atoms with Crippen LogP contribution >= 0.6 is 15.9 Å². The topological polar surface area (TPSA) is 17.8 Å². The number of halogens is 1. The second-order valence-electron chi connectivity index (χ2n) is 6.28. The minimum atomic E-state index is 1.11. The van der Waals surface area contributed by atoms with Crippen LogP contribution in [0.15, 0.2) is 95.7 Å². The fraction of sp³-hybridized carbons (Fsp3) is 0. The lowest BCUT2D eigenvalue weighted by Gasteiger charge is -2.08. The predicted molar refractivity (Wildman–Crippen MR) is 112 cm³/mol. The fourth-order valence-corrected chi connectivity index (χ4v) is 4.16. The van der Waals surface area contributed by atoms with Gasteiger partial charge < -0.3 is 4.57 Å². The Morgan fingerprint density at radius 1 is 0.731 bits per heavy atom. The maximum absolute atomic E-state index is 4.26. The van der Waals surface area contributed by atoms with Gasteiger partial charge in [0, 0.05) is 38.9 Å². The molecule has 3 heteroatoms. The van der Waals surface area contributed by atoms with Gasteiger partial charge in [0.25, 0.3) is 0 Å². The minimum Gasteiger partial charge on any atom is -0.309 e. The molecule has 0 radical (unpaired) electrons. The highest BCUT2D eigenvalue weighted by Crippen LogP contribution is 2.38. The van der Waals surface area contributed by atoms with Crippen molar-refractivity contribution in [1.82, 2.24) is 9.55 Å². The van der Waals surface area contributed by atoms with E-state index in [2.05, 4.69) is 92.2 Å². The van der Waals surface area contributed by atoms with E-state index in [-0.39, 0.29) is 0 Å². The summed E-state index contributed by atoms with van der Waals surface area (Å²) in [6, 6.07) is 27.6. The number of fused-ring (bicyclic) bond motifs is 3. The van der Waals surface area contributed by atoms with E-state index in [1.807, 2.05) is 18.3 Å². The minimum absolute atomic E-state index is 1.11. The summed E-state index contributed by atoms with van der Waals surface area (Å²) in [4.78, 5) is 4.26. The Hall–Kier alpha value is -2.91. The van der Waals surface area contributed by atoms with Gasteiger partial charge in [-0.15, -0.1) is 0 Å². The van der Waals surface area contributed by atoms with Gasteiger partial charge in [-0.05, 0) is 48.0 Å². The molecule has 3 aromatic carbocycles. The maximum atomic E-state index is 4.26. The Morgan fingerprint density at radius 2 is 1.62 bits per heavy atom. The van der Waals surface area contributed by atoms with Crippen LogP contribution in [0.4, 0.5) is 0 Å². The first-order valence-electron chi connectivity index (χ1n) is 8.51. The molecule has 0 saturated carbocycles. The summed E-state index contributed by atoms with van der Waals surface area (Å²) in [5.41, 5.74) is 5.87. The fourth-order valence-electron chi connectivity index (χ4n) is 3.60. The summed E-state index contributed by atoms with van der Waals surface area (Å²) in [7, 11) is 0. The smallest absolute Gasteiger partial charge is 0.0552 e. The molecule has 0 atom stereocenters. The van der Waals surface area contributed by atoms with Crippen LogP contribution in [0.1, 0.15) is 0 Å². The zero-order chi connectivity index (χ0) is 17.5. The summed E-state index contributed by atoms with van der Waals surface area (Å²) in [6.45, 7) is 0. The highest BCUT2D eigenvalue weighted by Gasteiger charge is 2.15. The molecular weight excluding hydrogens is 384 g/mol. The van der Waals surface area contributed by atoms with Crippen LogP contribution in [-0.2, 0) is 0 Å². The van der Waals surface area contributed by atoms with E-state index in [1.165, 1.54) is 33.1 Å². The lowest BCUT2D eigenvalue weighted by Crippen LogP contribution is -1.92. The molecular formula is C23H15BrN2. The number of aromatic nitrogens is 2. The molecule has 5 aromatic rings. The summed E-state index contributed by atoms with van der Waals surface area (Å²) >= 11 is 3.76. The molecule has 0 spiro atoms. The third kappa shape index (κ3) is 2.36. The van der Waals surface area contributed by atoms with E-state index in [0.29, 0.717) is 0 Å². The van der Waals surface area contributed by atoms with E-state index in [4.69, 9.17) is 0 Å². The van der Waals surface area contributed by atoms with Crippen molar-refractivity contribution in [3.8, 4) is 16.8 Å². The van der Waals surface area contributed by atoms with Gasteiger partial charge in [0.1, 0.15) is 0 Å². The molecule has 0 aliphatic rings. The second kappa shape index (κ2) is 6.11. The first-order chi connectivity index (χ1) is 12.8. The molecule has 26 heavy (non-hydrogen) atoms. The highest BCUT2D eigenvalue weighted by molar-refractivity contribution is 9.10. The number of pyridine rings is 1. The van der Waals surface area contributed by atoms with Gasteiger partial charge in [0.2, 0.25) is 0 Å². The quantitative estimate of drug-likeness (QED) is 0.327. The van der Waals surface area contributed by atoms with Crippen LogP contribution in [0.2, 0.25) is 0 Å². The van der Waals surface area contributed by atoms with Crippen molar-refractivity contribution in [2.24, 2.45) is 0 Å². The van der Waals surface area contributed by atoms with Crippen LogP contribution in [-0.4, -0.2) is 9.55 Å². The Bertz CT molecular complexity index is 1230. The van der Waals surface area contributed by atoms with Gasteiger partial charge >= 0.3 is 0 Å². The highest BCUT2D eigenvalue weighted by atomic mass is 79.9. The number of hydrogen-bond acceptors (Lipinski definition) is 1. The van der Waals surface area contributed by atoms with Crippen molar-refractivity contribution in [1.29, 1.82) is 0 Å². The van der Waals surface area contributed by atoms with Crippen LogP contribution in [0.25, 0.3) is 38.6 Å². The van der Waals surface area contributed by atoms with Crippen molar-refractivity contribution in [2.75, 3.05) is 0 Å². The molecule has 0 aliphatic carbocycles. The third-order valence-electron chi connectivity index (χ3n) is 4.75. The molecule has 5 rings (SSSR count). The predicted octanol–water partition coefficient (Wildman–Crippen LogP) is 6.61. The van der Waals surface area contributed by atoms with Gasteiger partial charge in [-0.1, -0.05) is 52.3 Å². The largest absolute Gasteiger partial charge is 0.309 e. The first-order valence-corrected chi connectivity index (χ1v) is 9.31. The standard InChI is InChI=1S/C23H15BrN2/c24-20-9-4-10-22-23(20)19-14-16(17-6-5-13-25-15-17)11-12-21(19)26(22)18-7-2-1-3-8-18/h1-15H. The first kappa shape index (κ1) is 15.4. The Kier molecular flexibility index (Phi) is 3.61. The van der Waals surface area contributed by atoms with E-state index >= 15 is 0 Å². The summed E-state index contributed by atoms with van der Waals surface area (Å²) in [5, 5.41) is 2.47. The monoisotopic (exact) mass is 398 g/mol.